The summed E-state index contributed by atoms with van der Waals surface area (Å²) in [5, 5.41) is 5.42. The highest BCUT2D eigenvalue weighted by molar-refractivity contribution is 6.03. The highest BCUT2D eigenvalue weighted by Gasteiger charge is 2.32. The van der Waals surface area contributed by atoms with E-state index < -0.39 is 17.8 Å². The molecule has 0 atom stereocenters. The lowest BCUT2D eigenvalue weighted by molar-refractivity contribution is -0.141. The maximum absolute atomic E-state index is 12.8. The van der Waals surface area contributed by atoms with Crippen LogP contribution >= 0.6 is 0 Å². The number of pyridine rings is 1. The Hall–Kier alpha value is -3.49. The fourth-order valence-corrected chi connectivity index (χ4v) is 2.33. The maximum atomic E-state index is 12.8. The molecule has 27 heavy (non-hydrogen) atoms. The number of amides is 1. The van der Waals surface area contributed by atoms with Crippen LogP contribution in [0, 0.1) is 6.92 Å². The summed E-state index contributed by atoms with van der Waals surface area (Å²) in [6, 6.07) is 10.7. The minimum Gasteiger partial charge on any atom is -0.324 e. The van der Waals surface area contributed by atoms with E-state index in [1.165, 1.54) is 6.20 Å². The van der Waals surface area contributed by atoms with Crippen LogP contribution in [-0.4, -0.2) is 20.9 Å². The van der Waals surface area contributed by atoms with Gasteiger partial charge < -0.3 is 10.6 Å². The van der Waals surface area contributed by atoms with Gasteiger partial charge >= 0.3 is 6.18 Å². The Bertz CT molecular complexity index is 961. The number of benzene rings is 1. The van der Waals surface area contributed by atoms with Crippen LogP contribution in [0.4, 0.5) is 30.5 Å². The van der Waals surface area contributed by atoms with E-state index >= 15 is 0 Å². The summed E-state index contributed by atoms with van der Waals surface area (Å²) in [4.78, 5) is 23.4. The summed E-state index contributed by atoms with van der Waals surface area (Å²) in [5.41, 5.74) is 0.875. The average Bonchev–Trinajstić information content (AvgIpc) is 2.61. The van der Waals surface area contributed by atoms with Crippen molar-refractivity contribution in [3.8, 4) is 0 Å². The Morgan fingerprint density at radius 2 is 1.78 bits per heavy atom. The van der Waals surface area contributed by atoms with Crippen molar-refractivity contribution >= 4 is 23.2 Å². The second-order valence-corrected chi connectivity index (χ2v) is 5.65. The molecule has 1 amide bonds. The summed E-state index contributed by atoms with van der Waals surface area (Å²) in [5.74, 6) is -0.597. The zero-order valence-corrected chi connectivity index (χ0v) is 14.1. The fraction of sp³-hybridized carbons (Fsp3) is 0.111. The van der Waals surface area contributed by atoms with Crippen molar-refractivity contribution in [1.82, 2.24) is 15.0 Å². The first-order chi connectivity index (χ1) is 12.8. The lowest BCUT2D eigenvalue weighted by atomic mass is 10.2. The van der Waals surface area contributed by atoms with Crippen LogP contribution < -0.4 is 10.6 Å². The molecule has 3 rings (SSSR count). The van der Waals surface area contributed by atoms with E-state index in [0.717, 1.165) is 17.8 Å². The Balaban J connectivity index is 1.81. The van der Waals surface area contributed by atoms with Gasteiger partial charge in [-0.05, 0) is 48.9 Å². The number of aryl methyl sites for hydroxylation is 1. The van der Waals surface area contributed by atoms with Gasteiger partial charge in [0.25, 0.3) is 5.91 Å². The molecule has 2 heterocycles. The first kappa shape index (κ1) is 18.3. The van der Waals surface area contributed by atoms with Gasteiger partial charge in [-0.1, -0.05) is 6.07 Å². The van der Waals surface area contributed by atoms with Gasteiger partial charge in [-0.15, -0.1) is 0 Å². The topological polar surface area (TPSA) is 79.8 Å². The number of hydrogen-bond donors (Lipinski definition) is 2. The van der Waals surface area contributed by atoms with Gasteiger partial charge in [-0.2, -0.15) is 13.2 Å². The number of carbonyl (C=O) groups is 1. The molecule has 9 heteroatoms. The van der Waals surface area contributed by atoms with Crippen LogP contribution in [0.3, 0.4) is 0 Å². The molecule has 0 fully saturated rings. The SMILES string of the molecule is Cc1cc(NC(=O)c2ccccn2)cc(Nc2nccc(C(F)(F)F)n2)c1. The lowest BCUT2D eigenvalue weighted by Gasteiger charge is -2.11. The molecule has 0 saturated heterocycles. The molecule has 2 aromatic heterocycles. The summed E-state index contributed by atoms with van der Waals surface area (Å²) in [6.45, 7) is 1.79. The minimum absolute atomic E-state index is 0.197. The number of alkyl halides is 3. The third-order valence-corrected chi connectivity index (χ3v) is 3.43. The number of aromatic nitrogens is 3. The third kappa shape index (κ3) is 4.78. The van der Waals surface area contributed by atoms with Crippen molar-refractivity contribution in [2.24, 2.45) is 0 Å². The van der Waals surface area contributed by atoms with E-state index in [1.54, 1.807) is 43.3 Å². The van der Waals surface area contributed by atoms with Gasteiger partial charge in [0, 0.05) is 23.8 Å². The van der Waals surface area contributed by atoms with E-state index in [1.807, 2.05) is 0 Å². The number of halogens is 3. The summed E-state index contributed by atoms with van der Waals surface area (Å²) < 4.78 is 38.3. The van der Waals surface area contributed by atoms with E-state index in [9.17, 15) is 18.0 Å². The molecule has 6 nitrogen and oxygen atoms in total. The molecule has 1 aromatic carbocycles. The number of nitrogens with one attached hydrogen (secondary N) is 2. The average molecular weight is 373 g/mol. The Morgan fingerprint density at radius 3 is 2.48 bits per heavy atom. The number of nitrogens with zero attached hydrogens (tertiary/aromatic N) is 3. The highest BCUT2D eigenvalue weighted by Crippen LogP contribution is 2.28. The third-order valence-electron chi connectivity index (χ3n) is 3.43. The largest absolute Gasteiger partial charge is 0.433 e. The quantitative estimate of drug-likeness (QED) is 0.717. The van der Waals surface area contributed by atoms with Crippen LogP contribution in [0.2, 0.25) is 0 Å². The molecule has 0 radical (unpaired) electrons. The molecule has 0 aliphatic carbocycles. The number of rotatable bonds is 4. The van der Waals surface area contributed by atoms with Gasteiger partial charge in [0.1, 0.15) is 11.4 Å². The van der Waals surface area contributed by atoms with Crippen LogP contribution in [-0.2, 0) is 6.18 Å². The molecule has 0 bridgehead atoms. The summed E-state index contributed by atoms with van der Waals surface area (Å²) >= 11 is 0. The van der Waals surface area contributed by atoms with E-state index in [0.29, 0.717) is 11.4 Å². The number of anilines is 3. The van der Waals surface area contributed by atoms with E-state index in [-0.39, 0.29) is 11.6 Å². The van der Waals surface area contributed by atoms with E-state index in [4.69, 9.17) is 0 Å². The standard InChI is InChI=1S/C18H14F3N5O/c1-11-8-12(24-16(27)14-4-2-3-6-22-14)10-13(9-11)25-17-23-7-5-15(26-17)18(19,20)21/h2-10H,1H3,(H,24,27)(H,23,25,26). The second-order valence-electron chi connectivity index (χ2n) is 5.65. The van der Waals surface area contributed by atoms with Gasteiger partial charge in [-0.3, -0.25) is 9.78 Å². The maximum Gasteiger partial charge on any atom is 0.433 e. The van der Waals surface area contributed by atoms with Crippen LogP contribution in [0.5, 0.6) is 0 Å². The first-order valence-electron chi connectivity index (χ1n) is 7.82. The Labute approximate surface area is 152 Å². The van der Waals surface area contributed by atoms with Gasteiger partial charge in [0.15, 0.2) is 0 Å². The fourth-order valence-electron chi connectivity index (χ4n) is 2.33. The molecule has 0 aliphatic rings. The second kappa shape index (κ2) is 7.40. The molecule has 3 aromatic rings. The van der Waals surface area contributed by atoms with Gasteiger partial charge in [0.2, 0.25) is 5.95 Å². The van der Waals surface area contributed by atoms with E-state index in [2.05, 4.69) is 25.6 Å². The monoisotopic (exact) mass is 373 g/mol. The molecule has 0 spiro atoms. The highest BCUT2D eigenvalue weighted by atomic mass is 19.4. The number of hydrogen-bond acceptors (Lipinski definition) is 5. The lowest BCUT2D eigenvalue weighted by Crippen LogP contribution is -2.13. The smallest absolute Gasteiger partial charge is 0.324 e. The van der Waals surface area contributed by atoms with Crippen LogP contribution in [0.25, 0.3) is 0 Å². The van der Waals surface area contributed by atoms with Crippen molar-refractivity contribution < 1.29 is 18.0 Å². The van der Waals surface area contributed by atoms with Crippen molar-refractivity contribution in [2.45, 2.75) is 13.1 Å². The van der Waals surface area contributed by atoms with Gasteiger partial charge in [0.05, 0.1) is 0 Å². The van der Waals surface area contributed by atoms with Crippen molar-refractivity contribution in [3.63, 3.8) is 0 Å². The minimum atomic E-state index is -4.56. The van der Waals surface area contributed by atoms with Crippen molar-refractivity contribution in [3.05, 3.63) is 71.8 Å². The zero-order chi connectivity index (χ0) is 19.4. The van der Waals surface area contributed by atoms with Crippen molar-refractivity contribution in [1.29, 1.82) is 0 Å². The predicted octanol–water partition coefficient (Wildman–Crippen LogP) is 4.19. The van der Waals surface area contributed by atoms with Gasteiger partial charge in [-0.25, -0.2) is 9.97 Å². The van der Waals surface area contributed by atoms with Crippen LogP contribution in [0.1, 0.15) is 21.7 Å². The summed E-state index contributed by atoms with van der Waals surface area (Å²) in [7, 11) is 0. The Kier molecular flexibility index (Phi) is 5.02. The van der Waals surface area contributed by atoms with Crippen LogP contribution in [0.15, 0.2) is 54.9 Å². The molecular weight excluding hydrogens is 359 g/mol. The number of carbonyl (C=O) groups excluding carboxylic acids is 1. The normalized spacial score (nSPS) is 11.1. The summed E-state index contributed by atoms with van der Waals surface area (Å²) in [6.07, 6.45) is -2.03. The molecular formula is C18H14F3N5O. The van der Waals surface area contributed by atoms with Crippen molar-refractivity contribution in [2.75, 3.05) is 10.6 Å². The Morgan fingerprint density at radius 1 is 1.00 bits per heavy atom. The molecule has 2 N–H and O–H groups in total. The zero-order valence-electron chi connectivity index (χ0n) is 14.1. The molecule has 0 aliphatic heterocycles. The first-order valence-corrected chi connectivity index (χ1v) is 7.82. The molecule has 0 saturated carbocycles. The molecule has 138 valence electrons. The predicted molar refractivity (Wildman–Crippen MR) is 93.7 cm³/mol. The molecule has 0 unspecified atom stereocenters.